The van der Waals surface area contributed by atoms with Gasteiger partial charge in [0.25, 0.3) is 0 Å². The van der Waals surface area contributed by atoms with Crippen LogP contribution in [0.1, 0.15) is 61.5 Å². The van der Waals surface area contributed by atoms with Gasteiger partial charge in [0.05, 0.1) is 24.2 Å². The Morgan fingerprint density at radius 2 is 1.72 bits per heavy atom. The zero-order valence-electron chi connectivity index (χ0n) is 16.9. The van der Waals surface area contributed by atoms with Crippen LogP contribution in [0.25, 0.3) is 0 Å². The van der Waals surface area contributed by atoms with Gasteiger partial charge in [0.1, 0.15) is 5.75 Å². The molecule has 0 radical (unpaired) electrons. The van der Waals surface area contributed by atoms with Gasteiger partial charge in [-0.2, -0.15) is 0 Å². The molecule has 3 rings (SSSR count). The van der Waals surface area contributed by atoms with E-state index < -0.39 is 51.7 Å². The van der Waals surface area contributed by atoms with Crippen molar-refractivity contribution in [2.75, 3.05) is 7.11 Å². The second kappa shape index (κ2) is 6.66. The van der Waals surface area contributed by atoms with Crippen molar-refractivity contribution in [1.82, 2.24) is 0 Å². The minimum atomic E-state index is -1.31. The number of ether oxygens (including phenoxy) is 1. The van der Waals surface area contributed by atoms with Gasteiger partial charge in [-0.05, 0) is 26.7 Å². The number of methoxy groups -OCH3 is 1. The van der Waals surface area contributed by atoms with Crippen LogP contribution in [0.15, 0.2) is 11.3 Å². The molecule has 2 aliphatic rings. The van der Waals surface area contributed by atoms with Gasteiger partial charge in [0.2, 0.25) is 5.78 Å². The standard InChI is InChI=1S/C21H26O8/c1-9(22)8-10-13(23)11-12(16(26)14(10)24)20(2)6-5-7-21(3,19(28)29-4)18(20)17(27)15(11)25/h9,22-24,26-27H,5-8H2,1-4H3. The van der Waals surface area contributed by atoms with Gasteiger partial charge in [0.15, 0.2) is 17.3 Å². The first-order chi connectivity index (χ1) is 13.4. The van der Waals surface area contributed by atoms with E-state index in [-0.39, 0.29) is 28.7 Å². The third-order valence-electron chi connectivity index (χ3n) is 6.34. The number of carbonyl (C=O) groups is 2. The predicted molar refractivity (Wildman–Crippen MR) is 102 cm³/mol. The van der Waals surface area contributed by atoms with Crippen LogP contribution in [0.2, 0.25) is 0 Å². The highest BCUT2D eigenvalue weighted by atomic mass is 16.5. The van der Waals surface area contributed by atoms with Crippen molar-refractivity contribution >= 4 is 11.8 Å². The van der Waals surface area contributed by atoms with Crippen molar-refractivity contribution in [3.8, 4) is 17.2 Å². The molecule has 29 heavy (non-hydrogen) atoms. The number of allylic oxidation sites excluding steroid dienone is 1. The van der Waals surface area contributed by atoms with Crippen LogP contribution in [-0.4, -0.2) is 50.5 Å². The summed E-state index contributed by atoms with van der Waals surface area (Å²) in [6.45, 7) is 4.65. The number of aliphatic hydroxyl groups is 2. The summed E-state index contributed by atoms with van der Waals surface area (Å²) >= 11 is 0. The van der Waals surface area contributed by atoms with E-state index in [0.717, 1.165) is 0 Å². The van der Waals surface area contributed by atoms with E-state index in [1.54, 1.807) is 13.8 Å². The molecular weight excluding hydrogens is 380 g/mol. The summed E-state index contributed by atoms with van der Waals surface area (Å²) in [7, 11) is 1.22. The van der Waals surface area contributed by atoms with E-state index >= 15 is 0 Å². The molecule has 2 aliphatic carbocycles. The molecule has 0 aliphatic heterocycles. The number of hydrogen-bond donors (Lipinski definition) is 5. The SMILES string of the molecule is COC(=O)C1(C)CCCC2(C)C1=C(O)C(=O)c1c(O)c(CC(C)O)c(O)c(O)c12. The maximum absolute atomic E-state index is 13.1. The number of phenols is 3. The van der Waals surface area contributed by atoms with Crippen molar-refractivity contribution in [3.63, 3.8) is 0 Å². The third kappa shape index (κ3) is 2.69. The Hall–Kier alpha value is -2.74. The van der Waals surface area contributed by atoms with E-state index in [2.05, 4.69) is 0 Å². The Morgan fingerprint density at radius 3 is 2.28 bits per heavy atom. The maximum Gasteiger partial charge on any atom is 0.315 e. The number of phenolic OH excluding ortho intramolecular Hbond substituents is 3. The molecule has 3 atom stereocenters. The van der Waals surface area contributed by atoms with Crippen molar-refractivity contribution in [3.05, 3.63) is 28.0 Å². The highest BCUT2D eigenvalue weighted by Crippen LogP contribution is 2.61. The summed E-state index contributed by atoms with van der Waals surface area (Å²) in [5.41, 5.74) is -2.94. The van der Waals surface area contributed by atoms with Crippen molar-refractivity contribution < 1.29 is 39.9 Å². The Bertz CT molecular complexity index is 945. The lowest BCUT2D eigenvalue weighted by Crippen LogP contribution is -2.48. The van der Waals surface area contributed by atoms with E-state index in [9.17, 15) is 35.1 Å². The predicted octanol–water partition coefficient (Wildman–Crippen LogP) is 2.36. The van der Waals surface area contributed by atoms with Gasteiger partial charge in [-0.1, -0.05) is 13.3 Å². The molecule has 3 unspecified atom stereocenters. The summed E-state index contributed by atoms with van der Waals surface area (Å²) < 4.78 is 4.91. The quantitative estimate of drug-likeness (QED) is 0.292. The lowest BCUT2D eigenvalue weighted by atomic mass is 9.53. The number of hydrogen-bond acceptors (Lipinski definition) is 8. The summed E-state index contributed by atoms with van der Waals surface area (Å²) in [5, 5.41) is 52.6. The Kier molecular flexibility index (Phi) is 4.82. The number of ketones is 1. The van der Waals surface area contributed by atoms with Crippen LogP contribution in [0.4, 0.5) is 0 Å². The Morgan fingerprint density at radius 1 is 1.10 bits per heavy atom. The molecule has 0 bridgehead atoms. The van der Waals surface area contributed by atoms with Gasteiger partial charge in [-0.3, -0.25) is 9.59 Å². The molecule has 0 aromatic heterocycles. The lowest BCUT2D eigenvalue weighted by Gasteiger charge is -2.48. The Balaban J connectivity index is 2.39. The zero-order valence-corrected chi connectivity index (χ0v) is 16.9. The van der Waals surface area contributed by atoms with Gasteiger partial charge < -0.3 is 30.3 Å². The van der Waals surface area contributed by atoms with E-state index in [1.807, 2.05) is 0 Å². The second-order valence-electron chi connectivity index (χ2n) is 8.39. The first kappa shape index (κ1) is 21.0. The van der Waals surface area contributed by atoms with Crippen LogP contribution < -0.4 is 0 Å². The maximum atomic E-state index is 13.1. The molecule has 1 saturated carbocycles. The number of carbonyl (C=O) groups excluding carboxylic acids is 2. The first-order valence-electron chi connectivity index (χ1n) is 9.47. The first-order valence-corrected chi connectivity index (χ1v) is 9.47. The van der Waals surface area contributed by atoms with Crippen molar-refractivity contribution in [1.29, 1.82) is 0 Å². The zero-order chi connectivity index (χ0) is 21.9. The van der Waals surface area contributed by atoms with Crippen LogP contribution in [0.5, 0.6) is 17.2 Å². The fraction of sp³-hybridized carbons (Fsp3) is 0.524. The second-order valence-corrected chi connectivity index (χ2v) is 8.39. The molecular formula is C21H26O8. The van der Waals surface area contributed by atoms with Crippen LogP contribution in [0, 0.1) is 5.41 Å². The lowest BCUT2D eigenvalue weighted by molar-refractivity contribution is -0.151. The molecule has 0 heterocycles. The van der Waals surface area contributed by atoms with E-state index in [0.29, 0.717) is 19.3 Å². The smallest absolute Gasteiger partial charge is 0.315 e. The number of aliphatic hydroxyl groups excluding tert-OH is 2. The van der Waals surface area contributed by atoms with Gasteiger partial charge >= 0.3 is 5.97 Å². The summed E-state index contributed by atoms with van der Waals surface area (Å²) in [5.74, 6) is -4.09. The third-order valence-corrected chi connectivity index (χ3v) is 6.34. The molecule has 8 heteroatoms. The van der Waals surface area contributed by atoms with Gasteiger partial charge in [-0.15, -0.1) is 0 Å². The van der Waals surface area contributed by atoms with E-state index in [1.165, 1.54) is 14.0 Å². The van der Waals surface area contributed by atoms with Crippen LogP contribution in [0.3, 0.4) is 0 Å². The number of aromatic hydroxyl groups is 3. The summed E-state index contributed by atoms with van der Waals surface area (Å²) in [6.07, 6.45) is 0.0377. The molecule has 1 fully saturated rings. The van der Waals surface area contributed by atoms with Crippen molar-refractivity contribution in [2.45, 2.75) is 58.0 Å². The Labute approximate surface area is 168 Å². The molecule has 0 saturated heterocycles. The number of benzene rings is 1. The fourth-order valence-electron chi connectivity index (χ4n) is 5.10. The fourth-order valence-corrected chi connectivity index (χ4v) is 5.10. The number of fused-ring (bicyclic) bond motifs is 3. The largest absolute Gasteiger partial charge is 0.507 e. The highest BCUT2D eigenvalue weighted by molar-refractivity contribution is 6.14. The van der Waals surface area contributed by atoms with Crippen LogP contribution >= 0.6 is 0 Å². The molecule has 1 aromatic rings. The number of esters is 1. The average molecular weight is 406 g/mol. The number of Topliss-reactive ketones (excluding diaryl/α,β-unsaturated/α-hetero) is 1. The summed E-state index contributed by atoms with van der Waals surface area (Å²) in [6, 6.07) is 0. The monoisotopic (exact) mass is 406 g/mol. The molecule has 0 amide bonds. The normalized spacial score (nSPS) is 27.3. The highest BCUT2D eigenvalue weighted by Gasteiger charge is 2.57. The van der Waals surface area contributed by atoms with Gasteiger partial charge in [0, 0.05) is 28.5 Å². The molecule has 1 aromatic carbocycles. The minimum absolute atomic E-state index is 0.0329. The number of rotatable bonds is 3. The topological polar surface area (TPSA) is 145 Å². The molecule has 5 N–H and O–H groups in total. The average Bonchev–Trinajstić information content (AvgIpc) is 2.65. The molecule has 0 spiro atoms. The van der Waals surface area contributed by atoms with E-state index in [4.69, 9.17) is 4.74 Å². The van der Waals surface area contributed by atoms with Crippen LogP contribution in [-0.2, 0) is 21.4 Å². The summed E-state index contributed by atoms with van der Waals surface area (Å²) in [4.78, 5) is 25.6. The molecule has 158 valence electrons. The van der Waals surface area contributed by atoms with Crippen molar-refractivity contribution in [2.24, 2.45) is 5.41 Å². The molecule has 8 nitrogen and oxygen atoms in total. The van der Waals surface area contributed by atoms with Gasteiger partial charge in [-0.25, -0.2) is 0 Å². The minimum Gasteiger partial charge on any atom is -0.507 e.